The summed E-state index contributed by atoms with van der Waals surface area (Å²) in [5, 5.41) is 24.0. The quantitative estimate of drug-likeness (QED) is 0.0966. The van der Waals surface area contributed by atoms with Crippen LogP contribution in [0.25, 0.3) is 10.8 Å². The largest absolute Gasteiger partial charge is 0.507 e. The van der Waals surface area contributed by atoms with E-state index in [9.17, 15) is 34.4 Å². The van der Waals surface area contributed by atoms with Gasteiger partial charge in [0.15, 0.2) is 9.75 Å². The molecule has 6 atom stereocenters. The number of likely N-dealkylation sites (tertiary alicyclic amines) is 1. The lowest BCUT2D eigenvalue weighted by atomic mass is 9.56. The van der Waals surface area contributed by atoms with Gasteiger partial charge in [-0.2, -0.15) is 0 Å². The Morgan fingerprint density at radius 2 is 1.66 bits per heavy atom. The third kappa shape index (κ3) is 3.60. The van der Waals surface area contributed by atoms with Crippen molar-refractivity contribution in [2.45, 2.75) is 28.5 Å². The molecule has 3 aromatic rings. The number of amides is 4. The predicted molar refractivity (Wildman–Crippen MR) is 165 cm³/mol. The molecule has 13 heteroatoms. The number of nitro groups is 1. The molecule has 2 heterocycles. The first-order chi connectivity index (χ1) is 21.0. The molecule has 1 saturated carbocycles. The summed E-state index contributed by atoms with van der Waals surface area (Å²) < 4.78 is 0. The van der Waals surface area contributed by atoms with Crippen molar-refractivity contribution in [2.24, 2.45) is 17.8 Å². The van der Waals surface area contributed by atoms with Gasteiger partial charge in [-0.3, -0.25) is 39.1 Å². The molecule has 4 aliphatic rings. The van der Waals surface area contributed by atoms with Gasteiger partial charge in [-0.15, -0.1) is 23.2 Å². The maximum absolute atomic E-state index is 14.1. The number of nitro benzene ring substituents is 1. The molecule has 10 nitrogen and oxygen atoms in total. The van der Waals surface area contributed by atoms with E-state index in [1.165, 1.54) is 24.3 Å². The van der Waals surface area contributed by atoms with Gasteiger partial charge >= 0.3 is 0 Å². The topological polar surface area (TPSA) is 138 Å². The number of phenolic OH excluding ortho intramolecular Hbond substituents is 1. The van der Waals surface area contributed by atoms with Gasteiger partial charge in [0, 0.05) is 29.0 Å². The molecule has 0 radical (unpaired) electrons. The van der Waals surface area contributed by atoms with Gasteiger partial charge in [-0.25, -0.2) is 0 Å². The molecule has 4 amide bonds. The third-order valence-electron chi connectivity index (χ3n) is 9.58. The maximum atomic E-state index is 14.1. The Kier molecular flexibility index (Phi) is 6.48. The van der Waals surface area contributed by atoms with Gasteiger partial charge in [0.05, 0.1) is 27.9 Å². The summed E-state index contributed by atoms with van der Waals surface area (Å²) in [6.07, 6.45) is 1.73. The number of phenols is 1. The molecular weight excluding hydrogens is 677 g/mol. The first kappa shape index (κ1) is 28.9. The lowest BCUT2D eigenvalue weighted by molar-refractivity contribution is -0.384. The number of carbonyl (C=O) groups excluding carboxylic acids is 4. The van der Waals surface area contributed by atoms with Crippen molar-refractivity contribution in [3.8, 4) is 5.75 Å². The van der Waals surface area contributed by atoms with Crippen LogP contribution in [0.1, 0.15) is 24.3 Å². The first-order valence-electron chi connectivity index (χ1n) is 13.8. The number of hydrogen-bond acceptors (Lipinski definition) is 7. The number of fused-ring (bicyclic) bond motifs is 5. The van der Waals surface area contributed by atoms with Crippen molar-refractivity contribution in [1.82, 2.24) is 4.90 Å². The van der Waals surface area contributed by atoms with Gasteiger partial charge in [0.1, 0.15) is 5.75 Å². The summed E-state index contributed by atoms with van der Waals surface area (Å²) in [4.78, 5) is 64.1. The molecule has 6 unspecified atom stereocenters. The van der Waals surface area contributed by atoms with E-state index in [0.717, 1.165) is 15.2 Å². The zero-order chi connectivity index (χ0) is 31.3. The van der Waals surface area contributed by atoms with E-state index in [4.69, 9.17) is 23.2 Å². The lowest BCUT2D eigenvalue weighted by Gasteiger charge is -2.50. The Labute approximate surface area is 268 Å². The van der Waals surface area contributed by atoms with E-state index in [0.29, 0.717) is 11.0 Å². The van der Waals surface area contributed by atoms with Gasteiger partial charge in [-0.1, -0.05) is 64.0 Å². The number of imide groups is 2. The highest BCUT2D eigenvalue weighted by atomic mass is 79.9. The third-order valence-corrected chi connectivity index (χ3v) is 11.5. The molecule has 3 fully saturated rings. The summed E-state index contributed by atoms with van der Waals surface area (Å²) in [5.74, 6) is -6.22. The monoisotopic (exact) mass is 697 g/mol. The fourth-order valence-corrected chi connectivity index (χ4v) is 9.00. The fraction of sp³-hybridized carbons (Fsp3) is 0.290. The molecule has 7 rings (SSSR count). The number of alkyl halides is 3. The van der Waals surface area contributed by atoms with E-state index in [1.54, 1.807) is 30.3 Å². The minimum absolute atomic E-state index is 0.130. The maximum Gasteiger partial charge on any atom is 0.269 e. The Bertz CT molecular complexity index is 1870. The number of nitrogens with zero attached hydrogens (tertiary/aromatic N) is 3. The Morgan fingerprint density at radius 1 is 0.955 bits per heavy atom. The number of allylic oxidation sites excluding steroid dienone is 2. The average molecular weight is 699 g/mol. The molecule has 2 aliphatic heterocycles. The highest BCUT2D eigenvalue weighted by molar-refractivity contribution is 9.09. The van der Waals surface area contributed by atoms with Gasteiger partial charge < -0.3 is 5.11 Å². The Morgan fingerprint density at radius 3 is 2.34 bits per heavy atom. The standard InChI is InChI=1S/C31H22BrCl2N3O7/c32-14-35-28(41)30(33)13-22-19(24(31(30,34)29(35)42)21-10-5-15-3-1-2-4-18(15)25(21)38)11-12-20-23(22)27(40)36(26(20)39)16-6-8-17(9-7-16)37(43)44/h1-11,20,22-24,38H,12-14H2. The van der Waals surface area contributed by atoms with Crippen LogP contribution in [0.4, 0.5) is 11.4 Å². The molecule has 0 bridgehead atoms. The lowest BCUT2D eigenvalue weighted by Crippen LogP contribution is -2.60. The van der Waals surface area contributed by atoms with E-state index in [-0.39, 0.29) is 41.0 Å². The Hall–Kier alpha value is -3.80. The highest BCUT2D eigenvalue weighted by Gasteiger charge is 2.76. The molecule has 3 aromatic carbocycles. The van der Waals surface area contributed by atoms with Crippen LogP contribution >= 0.6 is 39.1 Å². The summed E-state index contributed by atoms with van der Waals surface area (Å²) in [6.45, 7) is 0. The molecule has 0 aromatic heterocycles. The van der Waals surface area contributed by atoms with E-state index < -0.39 is 62.0 Å². The van der Waals surface area contributed by atoms with Crippen molar-refractivity contribution in [3.63, 3.8) is 0 Å². The average Bonchev–Trinajstić information content (AvgIpc) is 3.35. The fourth-order valence-electron chi connectivity index (χ4n) is 7.58. The molecule has 1 N–H and O–H groups in total. The summed E-state index contributed by atoms with van der Waals surface area (Å²) in [6, 6.07) is 15.7. The van der Waals surface area contributed by atoms with Crippen molar-refractivity contribution in [1.29, 1.82) is 0 Å². The van der Waals surface area contributed by atoms with Crippen LogP contribution in [-0.2, 0) is 19.2 Å². The van der Waals surface area contributed by atoms with Crippen LogP contribution < -0.4 is 4.90 Å². The second kappa shape index (κ2) is 9.85. The number of halogens is 3. The van der Waals surface area contributed by atoms with Crippen LogP contribution in [0.5, 0.6) is 5.75 Å². The first-order valence-corrected chi connectivity index (χ1v) is 15.7. The minimum Gasteiger partial charge on any atom is -0.507 e. The van der Waals surface area contributed by atoms with Gasteiger partial charge in [0.2, 0.25) is 11.8 Å². The number of non-ortho nitro benzene ring substituents is 1. The van der Waals surface area contributed by atoms with Gasteiger partial charge in [-0.05, 0) is 36.3 Å². The number of hydrogen-bond donors (Lipinski definition) is 1. The zero-order valence-electron chi connectivity index (χ0n) is 22.7. The van der Waals surface area contributed by atoms with Crippen LogP contribution in [-0.4, -0.2) is 53.8 Å². The van der Waals surface area contributed by atoms with E-state index >= 15 is 0 Å². The molecule has 224 valence electrons. The normalized spacial score (nSPS) is 31.2. The summed E-state index contributed by atoms with van der Waals surface area (Å²) >= 11 is 17.7. The van der Waals surface area contributed by atoms with Crippen LogP contribution in [0.3, 0.4) is 0 Å². The molecule has 2 saturated heterocycles. The number of aromatic hydroxyl groups is 1. The number of anilines is 1. The van der Waals surface area contributed by atoms with E-state index in [2.05, 4.69) is 15.9 Å². The van der Waals surface area contributed by atoms with Crippen LogP contribution in [0.15, 0.2) is 72.3 Å². The van der Waals surface area contributed by atoms with Crippen LogP contribution in [0, 0.1) is 27.9 Å². The van der Waals surface area contributed by atoms with Crippen molar-refractivity contribution in [2.75, 3.05) is 10.4 Å². The van der Waals surface area contributed by atoms with E-state index in [1.807, 2.05) is 12.1 Å². The molecular formula is C31H22BrCl2N3O7. The molecule has 0 spiro atoms. The summed E-state index contributed by atoms with van der Waals surface area (Å²) in [7, 11) is 0. The minimum atomic E-state index is -2.04. The SMILES string of the molecule is O=C1C2CC=C3C(CC4(Cl)C(=O)N(CBr)C(=O)C4(Cl)C3c3ccc4ccccc4c3O)C2C(=O)N1c1ccc([N+](=O)[O-])cc1. The van der Waals surface area contributed by atoms with Crippen molar-refractivity contribution >= 4 is 84.9 Å². The smallest absolute Gasteiger partial charge is 0.269 e. The Balaban J connectivity index is 1.39. The number of rotatable bonds is 4. The highest BCUT2D eigenvalue weighted by Crippen LogP contribution is 2.66. The second-order valence-electron chi connectivity index (χ2n) is 11.5. The number of carbonyl (C=O) groups is 4. The van der Waals surface area contributed by atoms with Crippen molar-refractivity contribution < 1.29 is 29.2 Å². The second-order valence-corrected chi connectivity index (χ2v) is 13.2. The molecule has 2 aliphatic carbocycles. The number of benzene rings is 3. The zero-order valence-corrected chi connectivity index (χ0v) is 25.8. The van der Waals surface area contributed by atoms with Crippen LogP contribution in [0.2, 0.25) is 0 Å². The van der Waals surface area contributed by atoms with Crippen molar-refractivity contribution in [3.05, 3.63) is 88.0 Å². The summed E-state index contributed by atoms with van der Waals surface area (Å²) in [5.41, 5.74) is 0.659. The molecule has 44 heavy (non-hydrogen) atoms. The predicted octanol–water partition coefficient (Wildman–Crippen LogP) is 5.37. The van der Waals surface area contributed by atoms with Gasteiger partial charge in [0.25, 0.3) is 17.5 Å².